The molecule has 0 N–H and O–H groups in total. The molecule has 4 nitrogen and oxygen atoms in total. The van der Waals surface area contributed by atoms with Crippen LogP contribution in [-0.2, 0) is 13.0 Å². The highest BCUT2D eigenvalue weighted by Crippen LogP contribution is 2.26. The summed E-state index contributed by atoms with van der Waals surface area (Å²) in [6.45, 7) is 0.758. The average molecular weight is 411 g/mol. The molecule has 0 fully saturated rings. The zero-order chi connectivity index (χ0) is 17.1. The number of aromatic nitrogens is 4. The minimum Gasteiger partial charge on any atom is -0.244 e. The molecule has 25 heavy (non-hydrogen) atoms. The van der Waals surface area contributed by atoms with Crippen LogP contribution in [0.3, 0.4) is 0 Å². The van der Waals surface area contributed by atoms with Crippen LogP contribution in [0.2, 0.25) is 0 Å². The lowest BCUT2D eigenvalue weighted by Gasteiger charge is -2.05. The number of thiazole rings is 1. The summed E-state index contributed by atoms with van der Waals surface area (Å²) in [7, 11) is 0. The average Bonchev–Trinajstić information content (AvgIpc) is 3.31. The molecule has 124 valence electrons. The minimum absolute atomic E-state index is 0.758. The van der Waals surface area contributed by atoms with Crippen molar-refractivity contribution in [3.05, 3.63) is 76.3 Å². The summed E-state index contributed by atoms with van der Waals surface area (Å²) in [6.07, 6.45) is 2.64. The normalized spacial score (nSPS) is 10.9. The molecular formula is C19H15BrN4S. The van der Waals surface area contributed by atoms with Crippen molar-refractivity contribution < 1.29 is 0 Å². The van der Waals surface area contributed by atoms with Crippen LogP contribution in [0.5, 0.6) is 0 Å². The monoisotopic (exact) mass is 410 g/mol. The maximum atomic E-state index is 4.75. The lowest BCUT2D eigenvalue weighted by molar-refractivity contribution is 0.590. The van der Waals surface area contributed by atoms with Crippen molar-refractivity contribution in [3.8, 4) is 21.8 Å². The van der Waals surface area contributed by atoms with E-state index in [9.17, 15) is 0 Å². The third-order valence-corrected chi connectivity index (χ3v) is 5.38. The van der Waals surface area contributed by atoms with E-state index in [4.69, 9.17) is 4.98 Å². The molecule has 4 aromatic rings. The van der Waals surface area contributed by atoms with E-state index in [-0.39, 0.29) is 0 Å². The summed E-state index contributed by atoms with van der Waals surface area (Å²) < 4.78 is 3.02. The van der Waals surface area contributed by atoms with Crippen molar-refractivity contribution in [2.45, 2.75) is 13.0 Å². The number of benzene rings is 2. The highest BCUT2D eigenvalue weighted by molar-refractivity contribution is 9.10. The van der Waals surface area contributed by atoms with Crippen molar-refractivity contribution in [3.63, 3.8) is 0 Å². The molecule has 2 aromatic heterocycles. The number of hydrogen-bond acceptors (Lipinski definition) is 4. The van der Waals surface area contributed by atoms with Crippen LogP contribution in [0.1, 0.15) is 5.69 Å². The zero-order valence-corrected chi connectivity index (χ0v) is 15.7. The Hall–Kier alpha value is -2.31. The van der Waals surface area contributed by atoms with Crippen LogP contribution < -0.4 is 0 Å². The second-order valence-electron chi connectivity index (χ2n) is 5.61. The van der Waals surface area contributed by atoms with Crippen molar-refractivity contribution in [1.82, 2.24) is 20.0 Å². The molecule has 2 aromatic carbocycles. The second-order valence-corrected chi connectivity index (χ2v) is 7.38. The highest BCUT2D eigenvalue weighted by atomic mass is 79.9. The first-order valence-corrected chi connectivity index (χ1v) is 9.61. The maximum absolute atomic E-state index is 4.75. The summed E-state index contributed by atoms with van der Waals surface area (Å²) in [6, 6.07) is 18.4. The molecule has 0 aliphatic heterocycles. The standard InChI is InChI=1S/C19H15BrN4S/c20-16-8-6-15(7-9-16)19-22-17(13-25-19)10-11-24-18(12-21-23-24)14-4-2-1-3-5-14/h1-9,12-13H,10-11H2. The summed E-state index contributed by atoms with van der Waals surface area (Å²) in [5, 5.41) is 11.4. The molecule has 2 heterocycles. The molecule has 0 aliphatic rings. The maximum Gasteiger partial charge on any atom is 0.123 e. The van der Waals surface area contributed by atoms with Gasteiger partial charge in [0.1, 0.15) is 5.01 Å². The third-order valence-electron chi connectivity index (χ3n) is 3.91. The van der Waals surface area contributed by atoms with Gasteiger partial charge in [0, 0.05) is 33.9 Å². The van der Waals surface area contributed by atoms with E-state index < -0.39 is 0 Å². The van der Waals surface area contributed by atoms with Gasteiger partial charge >= 0.3 is 0 Å². The first kappa shape index (κ1) is 16.2. The van der Waals surface area contributed by atoms with E-state index in [1.165, 1.54) is 0 Å². The molecule has 0 unspecified atom stereocenters. The molecule has 0 bridgehead atoms. The topological polar surface area (TPSA) is 43.6 Å². The Labute approximate surface area is 158 Å². The molecule has 0 radical (unpaired) electrons. The van der Waals surface area contributed by atoms with Crippen LogP contribution >= 0.6 is 27.3 Å². The molecule has 0 aliphatic carbocycles. The Morgan fingerprint density at radius 1 is 0.960 bits per heavy atom. The van der Waals surface area contributed by atoms with Crippen LogP contribution in [0, 0.1) is 0 Å². The molecule has 0 amide bonds. The zero-order valence-electron chi connectivity index (χ0n) is 13.3. The van der Waals surface area contributed by atoms with E-state index in [1.807, 2.05) is 41.2 Å². The van der Waals surface area contributed by atoms with E-state index in [0.29, 0.717) is 0 Å². The summed E-state index contributed by atoms with van der Waals surface area (Å²) in [5.74, 6) is 0. The molecular weight excluding hydrogens is 396 g/mol. The van der Waals surface area contributed by atoms with Gasteiger partial charge in [-0.05, 0) is 12.1 Å². The molecule has 0 atom stereocenters. The lowest BCUT2D eigenvalue weighted by atomic mass is 10.2. The van der Waals surface area contributed by atoms with Gasteiger partial charge in [-0.1, -0.05) is 63.6 Å². The molecule has 4 rings (SSSR count). The molecule has 0 saturated heterocycles. The van der Waals surface area contributed by atoms with Crippen molar-refractivity contribution in [2.24, 2.45) is 0 Å². The Bertz CT molecular complexity index is 961. The second kappa shape index (κ2) is 7.29. The number of rotatable bonds is 5. The SMILES string of the molecule is Brc1ccc(-c2nc(CCn3nncc3-c3ccccc3)cs2)cc1. The summed E-state index contributed by atoms with van der Waals surface area (Å²) in [5.41, 5.74) is 4.38. The lowest BCUT2D eigenvalue weighted by Crippen LogP contribution is -2.05. The number of aryl methyl sites for hydroxylation is 2. The number of hydrogen-bond donors (Lipinski definition) is 0. The predicted octanol–water partition coefficient (Wildman–Crippen LogP) is 5.07. The minimum atomic E-state index is 0.758. The van der Waals surface area contributed by atoms with E-state index in [1.54, 1.807) is 11.3 Å². The van der Waals surface area contributed by atoms with Crippen LogP contribution in [0.15, 0.2) is 70.6 Å². The third kappa shape index (κ3) is 3.70. The fourth-order valence-corrected chi connectivity index (χ4v) is 3.75. The predicted molar refractivity (Wildman–Crippen MR) is 104 cm³/mol. The first-order valence-electron chi connectivity index (χ1n) is 7.94. The fraction of sp³-hybridized carbons (Fsp3) is 0.105. The van der Waals surface area contributed by atoms with Crippen molar-refractivity contribution in [2.75, 3.05) is 0 Å². The van der Waals surface area contributed by atoms with Gasteiger partial charge in [0.05, 0.1) is 17.6 Å². The van der Waals surface area contributed by atoms with E-state index in [2.05, 4.69) is 55.9 Å². The quantitative estimate of drug-likeness (QED) is 0.460. The van der Waals surface area contributed by atoms with Gasteiger partial charge in [0.15, 0.2) is 0 Å². The van der Waals surface area contributed by atoms with Gasteiger partial charge in [-0.2, -0.15) is 0 Å². The van der Waals surface area contributed by atoms with Gasteiger partial charge in [-0.3, -0.25) is 0 Å². The Kier molecular flexibility index (Phi) is 4.72. The van der Waals surface area contributed by atoms with Crippen molar-refractivity contribution in [1.29, 1.82) is 0 Å². The van der Waals surface area contributed by atoms with Gasteiger partial charge in [-0.25, -0.2) is 9.67 Å². The van der Waals surface area contributed by atoms with Crippen LogP contribution in [0.25, 0.3) is 21.8 Å². The van der Waals surface area contributed by atoms with Gasteiger partial charge in [0.25, 0.3) is 0 Å². The van der Waals surface area contributed by atoms with Gasteiger partial charge in [0.2, 0.25) is 0 Å². The largest absolute Gasteiger partial charge is 0.244 e. The summed E-state index contributed by atoms with van der Waals surface area (Å²) in [4.78, 5) is 4.75. The Morgan fingerprint density at radius 2 is 1.76 bits per heavy atom. The highest BCUT2D eigenvalue weighted by Gasteiger charge is 2.09. The fourth-order valence-electron chi connectivity index (χ4n) is 2.62. The number of nitrogens with zero attached hydrogens (tertiary/aromatic N) is 4. The Balaban J connectivity index is 1.48. The van der Waals surface area contributed by atoms with Crippen molar-refractivity contribution >= 4 is 27.3 Å². The van der Waals surface area contributed by atoms with Gasteiger partial charge in [-0.15, -0.1) is 16.4 Å². The Morgan fingerprint density at radius 3 is 2.56 bits per heavy atom. The first-order chi connectivity index (χ1) is 12.3. The molecule has 0 spiro atoms. The molecule has 0 saturated carbocycles. The van der Waals surface area contributed by atoms with Gasteiger partial charge < -0.3 is 0 Å². The summed E-state index contributed by atoms with van der Waals surface area (Å²) >= 11 is 5.14. The molecule has 6 heteroatoms. The smallest absolute Gasteiger partial charge is 0.123 e. The van der Waals surface area contributed by atoms with E-state index in [0.717, 1.165) is 45.0 Å². The van der Waals surface area contributed by atoms with E-state index >= 15 is 0 Å². The van der Waals surface area contributed by atoms with Crippen LogP contribution in [-0.4, -0.2) is 20.0 Å². The number of halogens is 1. The van der Waals surface area contributed by atoms with Crippen LogP contribution in [0.4, 0.5) is 0 Å².